The predicted octanol–water partition coefficient (Wildman–Crippen LogP) is 2.97. The molecule has 1 atom stereocenters. The van der Waals surface area contributed by atoms with Crippen LogP contribution in [0.1, 0.15) is 55.7 Å². The number of hydrogen-bond acceptors (Lipinski definition) is 4. The number of rotatable bonds is 5. The summed E-state index contributed by atoms with van der Waals surface area (Å²) >= 11 is 0. The van der Waals surface area contributed by atoms with Gasteiger partial charge in [0, 0.05) is 38.5 Å². The molecule has 0 aliphatic carbocycles. The maximum atomic E-state index is 5.29. The van der Waals surface area contributed by atoms with Gasteiger partial charge >= 0.3 is 0 Å². The molecule has 1 N–H and O–H groups in total. The zero-order valence-corrected chi connectivity index (χ0v) is 17.6. The van der Waals surface area contributed by atoms with Crippen molar-refractivity contribution >= 4 is 5.96 Å². The molecule has 7 heteroatoms. The van der Waals surface area contributed by atoms with Crippen LogP contribution >= 0.6 is 0 Å². The van der Waals surface area contributed by atoms with Gasteiger partial charge in [-0.15, -0.1) is 10.2 Å². The van der Waals surface area contributed by atoms with Gasteiger partial charge in [0.2, 0.25) is 0 Å². The van der Waals surface area contributed by atoms with Gasteiger partial charge in [-0.1, -0.05) is 18.6 Å². The summed E-state index contributed by atoms with van der Waals surface area (Å²) < 4.78 is 7.57. The lowest BCUT2D eigenvalue weighted by molar-refractivity contribution is 0.414. The van der Waals surface area contributed by atoms with Crippen molar-refractivity contribution in [2.75, 3.05) is 26.7 Å². The van der Waals surface area contributed by atoms with Crippen molar-refractivity contribution in [3.63, 3.8) is 0 Å². The van der Waals surface area contributed by atoms with Crippen LogP contribution < -0.4 is 10.1 Å². The number of aryl methyl sites for hydroxylation is 1. The average Bonchev–Trinajstić information content (AvgIpc) is 3.32. The van der Waals surface area contributed by atoms with Gasteiger partial charge in [-0.05, 0) is 43.9 Å². The van der Waals surface area contributed by atoms with E-state index < -0.39 is 0 Å². The van der Waals surface area contributed by atoms with E-state index in [-0.39, 0.29) is 0 Å². The minimum absolute atomic E-state index is 0.522. The monoisotopic (exact) mass is 396 g/mol. The summed E-state index contributed by atoms with van der Waals surface area (Å²) in [6.07, 6.45) is 5.86. The Morgan fingerprint density at radius 3 is 2.83 bits per heavy atom. The number of aromatic nitrogens is 3. The van der Waals surface area contributed by atoms with Crippen LogP contribution in [0.3, 0.4) is 0 Å². The van der Waals surface area contributed by atoms with Crippen molar-refractivity contribution in [3.8, 4) is 5.75 Å². The van der Waals surface area contributed by atoms with E-state index in [1.807, 2.05) is 12.1 Å². The van der Waals surface area contributed by atoms with E-state index in [1.165, 1.54) is 24.8 Å². The van der Waals surface area contributed by atoms with Crippen LogP contribution in [0.5, 0.6) is 5.75 Å². The Kier molecular flexibility index (Phi) is 6.32. The molecule has 29 heavy (non-hydrogen) atoms. The number of nitrogens with zero attached hydrogens (tertiary/aromatic N) is 5. The van der Waals surface area contributed by atoms with Crippen molar-refractivity contribution in [1.29, 1.82) is 0 Å². The highest BCUT2D eigenvalue weighted by atomic mass is 16.5. The quantitative estimate of drug-likeness (QED) is 0.622. The van der Waals surface area contributed by atoms with Gasteiger partial charge in [0.05, 0.1) is 7.11 Å². The molecule has 0 bridgehead atoms. The minimum Gasteiger partial charge on any atom is -0.497 e. The highest BCUT2D eigenvalue weighted by molar-refractivity contribution is 5.80. The Balaban J connectivity index is 1.44. The number of hydrogen-bond donors (Lipinski definition) is 1. The lowest BCUT2D eigenvalue weighted by Crippen LogP contribution is -2.40. The zero-order valence-electron chi connectivity index (χ0n) is 17.6. The topological polar surface area (TPSA) is 67.6 Å². The number of ether oxygens (including phenoxy) is 1. The predicted molar refractivity (Wildman–Crippen MR) is 114 cm³/mol. The molecule has 7 nitrogen and oxygen atoms in total. The zero-order chi connectivity index (χ0) is 20.1. The van der Waals surface area contributed by atoms with Crippen LogP contribution in [-0.2, 0) is 19.5 Å². The molecule has 0 saturated carbocycles. The molecule has 1 aromatic carbocycles. The number of fused-ring (bicyclic) bond motifs is 1. The fraction of sp³-hybridized carbons (Fsp3) is 0.591. The summed E-state index contributed by atoms with van der Waals surface area (Å²) in [6.45, 7) is 6.58. The number of benzene rings is 1. The molecular formula is C22H32N6O. The summed E-state index contributed by atoms with van der Waals surface area (Å²) in [7, 11) is 1.71. The van der Waals surface area contributed by atoms with Crippen molar-refractivity contribution < 1.29 is 4.74 Å². The molecule has 3 heterocycles. The van der Waals surface area contributed by atoms with E-state index in [1.54, 1.807) is 7.11 Å². The molecule has 1 saturated heterocycles. The van der Waals surface area contributed by atoms with Gasteiger partial charge in [-0.3, -0.25) is 0 Å². The lowest BCUT2D eigenvalue weighted by atomic mass is 9.98. The number of aliphatic imine (C=N–C) groups is 1. The Hall–Kier alpha value is -2.57. The van der Waals surface area contributed by atoms with Crippen molar-refractivity contribution in [2.45, 2.75) is 58.0 Å². The highest BCUT2D eigenvalue weighted by Crippen LogP contribution is 2.28. The second kappa shape index (κ2) is 9.29. The fourth-order valence-electron chi connectivity index (χ4n) is 4.33. The van der Waals surface area contributed by atoms with Crippen LogP contribution in [0, 0.1) is 0 Å². The van der Waals surface area contributed by atoms with Crippen LogP contribution in [0.25, 0.3) is 0 Å². The third kappa shape index (κ3) is 4.54. The first-order valence-corrected chi connectivity index (χ1v) is 10.9. The molecule has 1 fully saturated rings. The third-order valence-corrected chi connectivity index (χ3v) is 5.97. The first-order valence-electron chi connectivity index (χ1n) is 10.9. The van der Waals surface area contributed by atoms with Crippen LogP contribution in [-0.4, -0.2) is 52.4 Å². The number of likely N-dealkylation sites (tertiary alicyclic amines) is 1. The largest absolute Gasteiger partial charge is 0.497 e. The second-order valence-electron chi connectivity index (χ2n) is 7.87. The molecular weight excluding hydrogens is 364 g/mol. The molecule has 2 aliphatic heterocycles. The second-order valence-corrected chi connectivity index (χ2v) is 7.87. The summed E-state index contributed by atoms with van der Waals surface area (Å²) in [5, 5.41) is 12.3. The normalized spacial score (nSPS) is 19.7. The molecule has 0 amide bonds. The summed E-state index contributed by atoms with van der Waals surface area (Å²) in [5.74, 6) is 4.52. The Bertz CT molecular complexity index is 828. The van der Waals surface area contributed by atoms with E-state index in [0.29, 0.717) is 12.5 Å². The summed E-state index contributed by atoms with van der Waals surface area (Å²) in [5.41, 5.74) is 1.37. The van der Waals surface area contributed by atoms with Crippen molar-refractivity contribution in [3.05, 3.63) is 41.5 Å². The molecule has 1 unspecified atom stereocenters. The third-order valence-electron chi connectivity index (χ3n) is 5.97. The van der Waals surface area contributed by atoms with E-state index in [0.717, 1.165) is 62.4 Å². The lowest BCUT2D eigenvalue weighted by Gasteiger charge is -2.22. The van der Waals surface area contributed by atoms with Gasteiger partial charge in [0.25, 0.3) is 0 Å². The number of guanidine groups is 1. The molecule has 0 spiro atoms. The number of methoxy groups -OCH3 is 1. The van der Waals surface area contributed by atoms with Gasteiger partial charge in [0.15, 0.2) is 11.8 Å². The molecule has 0 radical (unpaired) electrons. The molecule has 1 aromatic heterocycles. The fourth-order valence-corrected chi connectivity index (χ4v) is 4.33. The standard InChI is InChI=1S/C22H32N6O/c1-3-23-22(24-15-21-26-25-20-7-5-4-6-13-28(20)21)27-14-12-18(16-27)17-8-10-19(29-2)11-9-17/h8-11,18H,3-7,12-16H2,1-2H3,(H,23,24). The van der Waals surface area contributed by atoms with Crippen LogP contribution in [0.15, 0.2) is 29.3 Å². The van der Waals surface area contributed by atoms with Gasteiger partial charge in [0.1, 0.15) is 18.1 Å². The van der Waals surface area contributed by atoms with E-state index in [9.17, 15) is 0 Å². The maximum Gasteiger partial charge on any atom is 0.194 e. The van der Waals surface area contributed by atoms with E-state index in [4.69, 9.17) is 9.73 Å². The summed E-state index contributed by atoms with van der Waals surface area (Å²) in [4.78, 5) is 7.29. The molecule has 156 valence electrons. The van der Waals surface area contributed by atoms with Crippen molar-refractivity contribution in [2.24, 2.45) is 4.99 Å². The smallest absolute Gasteiger partial charge is 0.194 e. The average molecular weight is 397 g/mol. The Morgan fingerprint density at radius 2 is 2.03 bits per heavy atom. The Morgan fingerprint density at radius 1 is 1.17 bits per heavy atom. The first-order chi connectivity index (χ1) is 14.3. The van der Waals surface area contributed by atoms with E-state index >= 15 is 0 Å². The van der Waals surface area contributed by atoms with E-state index in [2.05, 4.69) is 44.0 Å². The Labute approximate surface area is 173 Å². The van der Waals surface area contributed by atoms with Crippen LogP contribution in [0.2, 0.25) is 0 Å². The van der Waals surface area contributed by atoms with Gasteiger partial charge < -0.3 is 19.5 Å². The minimum atomic E-state index is 0.522. The van der Waals surface area contributed by atoms with Gasteiger partial charge in [-0.25, -0.2) is 4.99 Å². The summed E-state index contributed by atoms with van der Waals surface area (Å²) in [6, 6.07) is 8.47. The number of nitrogens with one attached hydrogen (secondary N) is 1. The molecule has 2 aliphatic rings. The van der Waals surface area contributed by atoms with Crippen molar-refractivity contribution in [1.82, 2.24) is 25.0 Å². The maximum absolute atomic E-state index is 5.29. The van der Waals surface area contributed by atoms with Gasteiger partial charge in [-0.2, -0.15) is 0 Å². The molecule has 4 rings (SSSR count). The van der Waals surface area contributed by atoms with Crippen LogP contribution in [0.4, 0.5) is 0 Å². The highest BCUT2D eigenvalue weighted by Gasteiger charge is 2.26. The molecule has 2 aromatic rings. The SMILES string of the molecule is CCNC(=NCc1nnc2n1CCCCC2)N1CCC(c2ccc(OC)cc2)C1. The first kappa shape index (κ1) is 19.7.